The van der Waals surface area contributed by atoms with Crippen molar-refractivity contribution in [1.29, 1.82) is 0 Å². The molecule has 2 aromatic heterocycles. The maximum absolute atomic E-state index is 13.6. The Hall–Kier alpha value is -5.17. The summed E-state index contributed by atoms with van der Waals surface area (Å²) >= 11 is 0. The van der Waals surface area contributed by atoms with Crippen LogP contribution in [0.5, 0.6) is 11.5 Å². The molecule has 0 saturated heterocycles. The first kappa shape index (κ1) is 24.2. The Morgan fingerprint density at radius 1 is 0.949 bits per heavy atom. The number of para-hydroxylation sites is 3. The lowest BCUT2D eigenvalue weighted by Crippen LogP contribution is -2.20. The molecule has 39 heavy (non-hydrogen) atoms. The minimum atomic E-state index is -0.308. The monoisotopic (exact) mass is 515 g/mol. The van der Waals surface area contributed by atoms with E-state index in [1.807, 2.05) is 85.8 Å². The third-order valence-electron chi connectivity index (χ3n) is 6.45. The summed E-state index contributed by atoms with van der Waals surface area (Å²) in [5, 5.41) is 5.96. The van der Waals surface area contributed by atoms with Crippen LogP contribution in [0.4, 0.5) is 0 Å². The predicted octanol–water partition coefficient (Wildman–Crippen LogP) is 6.59. The number of ether oxygens (including phenoxy) is 2. The number of hydrogen-bond acceptors (Lipinski definition) is 6. The molecule has 7 heteroatoms. The van der Waals surface area contributed by atoms with Crippen LogP contribution in [0.1, 0.15) is 16.7 Å². The second-order valence-electron chi connectivity index (χ2n) is 9.12. The fourth-order valence-electron chi connectivity index (χ4n) is 4.39. The van der Waals surface area contributed by atoms with E-state index in [4.69, 9.17) is 18.9 Å². The fourth-order valence-corrected chi connectivity index (χ4v) is 4.39. The Labute approximate surface area is 224 Å². The standard InChI is InChI=1S/C32H25N3O4/c1-21-14-16-22(17-15-21)20-38-30-24(9-7-13-28(30)37-2)19-33-35-31(29-18-23-8-3-6-12-27(23)39-29)34-26-11-5-4-10-25(26)32(35)36/h3-19H,20H2,1-2H3. The number of hydrogen-bond donors (Lipinski definition) is 0. The molecule has 7 nitrogen and oxygen atoms in total. The summed E-state index contributed by atoms with van der Waals surface area (Å²) in [5.74, 6) is 1.83. The van der Waals surface area contributed by atoms with Crippen molar-refractivity contribution >= 4 is 28.1 Å². The molecule has 0 fully saturated rings. The molecule has 2 heterocycles. The van der Waals surface area contributed by atoms with Crippen molar-refractivity contribution in [3.8, 4) is 23.1 Å². The number of nitrogens with zero attached hydrogens (tertiary/aromatic N) is 3. The van der Waals surface area contributed by atoms with E-state index in [1.165, 1.54) is 10.2 Å². The highest BCUT2D eigenvalue weighted by molar-refractivity contribution is 5.86. The number of methoxy groups -OCH3 is 1. The van der Waals surface area contributed by atoms with Gasteiger partial charge in [0.2, 0.25) is 5.82 Å². The maximum atomic E-state index is 13.6. The van der Waals surface area contributed by atoms with Crippen LogP contribution in [0.2, 0.25) is 0 Å². The smallest absolute Gasteiger partial charge is 0.282 e. The Morgan fingerprint density at radius 3 is 2.56 bits per heavy atom. The molecular formula is C32H25N3O4. The van der Waals surface area contributed by atoms with Crippen molar-refractivity contribution in [1.82, 2.24) is 9.66 Å². The molecule has 0 aliphatic carbocycles. The van der Waals surface area contributed by atoms with E-state index in [1.54, 1.807) is 31.5 Å². The third kappa shape index (κ3) is 4.78. The van der Waals surface area contributed by atoms with Crippen molar-refractivity contribution in [3.05, 3.63) is 124 Å². The van der Waals surface area contributed by atoms with Gasteiger partial charge in [-0.15, -0.1) is 0 Å². The highest BCUT2D eigenvalue weighted by atomic mass is 16.5. The Morgan fingerprint density at radius 2 is 1.74 bits per heavy atom. The fraction of sp³-hybridized carbons (Fsp3) is 0.0938. The summed E-state index contributed by atoms with van der Waals surface area (Å²) in [6, 6.07) is 30.4. The van der Waals surface area contributed by atoms with Gasteiger partial charge in [0, 0.05) is 10.9 Å². The van der Waals surface area contributed by atoms with Gasteiger partial charge in [0.25, 0.3) is 5.56 Å². The van der Waals surface area contributed by atoms with Gasteiger partial charge in [0.1, 0.15) is 12.2 Å². The van der Waals surface area contributed by atoms with E-state index in [-0.39, 0.29) is 5.56 Å². The van der Waals surface area contributed by atoms with Gasteiger partial charge in [-0.1, -0.05) is 66.2 Å². The van der Waals surface area contributed by atoms with Crippen molar-refractivity contribution in [2.45, 2.75) is 13.5 Å². The van der Waals surface area contributed by atoms with Crippen molar-refractivity contribution in [3.63, 3.8) is 0 Å². The van der Waals surface area contributed by atoms with E-state index in [0.717, 1.165) is 10.9 Å². The minimum absolute atomic E-state index is 0.302. The van der Waals surface area contributed by atoms with Crippen LogP contribution >= 0.6 is 0 Å². The van der Waals surface area contributed by atoms with Crippen LogP contribution in [0.15, 0.2) is 111 Å². The average Bonchev–Trinajstić information content (AvgIpc) is 3.41. The molecule has 192 valence electrons. The first-order valence-corrected chi connectivity index (χ1v) is 12.5. The molecule has 0 atom stereocenters. The van der Waals surface area contributed by atoms with Crippen LogP contribution in [0, 0.1) is 6.92 Å². The highest BCUT2D eigenvalue weighted by Crippen LogP contribution is 2.31. The normalized spacial score (nSPS) is 11.4. The maximum Gasteiger partial charge on any atom is 0.282 e. The van der Waals surface area contributed by atoms with Gasteiger partial charge in [-0.2, -0.15) is 9.78 Å². The zero-order valence-electron chi connectivity index (χ0n) is 21.5. The Kier molecular flexibility index (Phi) is 6.39. The van der Waals surface area contributed by atoms with Crippen molar-refractivity contribution < 1.29 is 13.9 Å². The van der Waals surface area contributed by atoms with Gasteiger partial charge in [-0.25, -0.2) is 4.98 Å². The molecular weight excluding hydrogens is 490 g/mol. The molecule has 0 unspecified atom stereocenters. The number of benzene rings is 4. The van der Waals surface area contributed by atoms with Crippen LogP contribution in [-0.4, -0.2) is 23.0 Å². The molecule has 0 bridgehead atoms. The lowest BCUT2D eigenvalue weighted by atomic mass is 10.1. The van der Waals surface area contributed by atoms with Crippen LogP contribution < -0.4 is 15.0 Å². The quantitative estimate of drug-likeness (QED) is 0.224. The van der Waals surface area contributed by atoms with Gasteiger partial charge in [0.05, 0.1) is 24.2 Å². The SMILES string of the molecule is COc1cccc(C=Nn2c(-c3cc4ccccc4o3)nc3ccccc3c2=O)c1OCc1ccc(C)cc1. The van der Waals surface area contributed by atoms with Crippen molar-refractivity contribution in [2.24, 2.45) is 5.10 Å². The largest absolute Gasteiger partial charge is 0.493 e. The Balaban J connectivity index is 1.45. The second-order valence-corrected chi connectivity index (χ2v) is 9.12. The molecule has 0 saturated carbocycles. The zero-order valence-corrected chi connectivity index (χ0v) is 21.5. The van der Waals surface area contributed by atoms with Gasteiger partial charge in [0.15, 0.2) is 17.3 Å². The number of aryl methyl sites for hydroxylation is 1. The molecule has 0 aliphatic rings. The lowest BCUT2D eigenvalue weighted by molar-refractivity contribution is 0.284. The number of rotatable bonds is 7. The minimum Gasteiger partial charge on any atom is -0.493 e. The lowest BCUT2D eigenvalue weighted by Gasteiger charge is -2.13. The number of furan rings is 1. The van der Waals surface area contributed by atoms with E-state index in [9.17, 15) is 4.79 Å². The highest BCUT2D eigenvalue weighted by Gasteiger charge is 2.17. The Bertz CT molecular complexity index is 1850. The van der Waals surface area contributed by atoms with Gasteiger partial charge in [-0.3, -0.25) is 4.79 Å². The molecule has 0 radical (unpaired) electrons. The van der Waals surface area contributed by atoms with Crippen LogP contribution in [-0.2, 0) is 6.61 Å². The molecule has 0 aliphatic heterocycles. The topological polar surface area (TPSA) is 78.9 Å². The summed E-state index contributed by atoms with van der Waals surface area (Å²) in [5.41, 5.74) is 3.81. The van der Waals surface area contributed by atoms with E-state index in [2.05, 4.69) is 5.10 Å². The van der Waals surface area contributed by atoms with Gasteiger partial charge in [-0.05, 0) is 48.9 Å². The summed E-state index contributed by atoms with van der Waals surface area (Å²) in [6.45, 7) is 2.39. The summed E-state index contributed by atoms with van der Waals surface area (Å²) < 4.78 is 19.1. The summed E-state index contributed by atoms with van der Waals surface area (Å²) in [6.07, 6.45) is 1.58. The van der Waals surface area contributed by atoms with Crippen molar-refractivity contribution in [2.75, 3.05) is 7.11 Å². The zero-order chi connectivity index (χ0) is 26.8. The van der Waals surface area contributed by atoms with Gasteiger partial charge < -0.3 is 13.9 Å². The molecule has 6 rings (SSSR count). The van der Waals surface area contributed by atoms with E-state index in [0.29, 0.717) is 51.7 Å². The third-order valence-corrected chi connectivity index (χ3v) is 6.45. The van der Waals surface area contributed by atoms with Gasteiger partial charge >= 0.3 is 0 Å². The van der Waals surface area contributed by atoms with E-state index >= 15 is 0 Å². The van der Waals surface area contributed by atoms with Crippen LogP contribution in [0.3, 0.4) is 0 Å². The molecule has 0 N–H and O–H groups in total. The first-order chi connectivity index (χ1) is 19.1. The summed E-state index contributed by atoms with van der Waals surface area (Å²) in [7, 11) is 1.59. The van der Waals surface area contributed by atoms with E-state index < -0.39 is 0 Å². The molecule has 6 aromatic rings. The van der Waals surface area contributed by atoms with Crippen LogP contribution in [0.25, 0.3) is 33.5 Å². The number of fused-ring (bicyclic) bond motifs is 2. The molecule has 0 spiro atoms. The average molecular weight is 516 g/mol. The molecule has 0 amide bonds. The first-order valence-electron chi connectivity index (χ1n) is 12.5. The molecule has 4 aromatic carbocycles. The second kappa shape index (κ2) is 10.3. The predicted molar refractivity (Wildman–Crippen MR) is 153 cm³/mol. The summed E-state index contributed by atoms with van der Waals surface area (Å²) in [4.78, 5) is 18.4. The number of aromatic nitrogens is 2.